The van der Waals surface area contributed by atoms with Crippen molar-refractivity contribution in [3.05, 3.63) is 59.0 Å². The molecule has 2 heterocycles. The van der Waals surface area contributed by atoms with Crippen molar-refractivity contribution in [1.29, 1.82) is 0 Å². The van der Waals surface area contributed by atoms with E-state index < -0.39 is 0 Å². The standard InChI is InChI=1S/C16H18N4/c1-11-3-5-13(6-4-11)7-8-14-18-19-16-15(17)12(2)9-10-20(14)16/h3-6,9-10H,7-8,17H2,1-2H3. The Morgan fingerprint density at radius 3 is 2.50 bits per heavy atom. The van der Waals surface area contributed by atoms with Crippen LogP contribution < -0.4 is 5.73 Å². The van der Waals surface area contributed by atoms with E-state index in [0.29, 0.717) is 5.69 Å². The van der Waals surface area contributed by atoms with E-state index in [2.05, 4.69) is 41.4 Å². The highest BCUT2D eigenvalue weighted by atomic mass is 15.2. The van der Waals surface area contributed by atoms with Crippen LogP contribution in [0.2, 0.25) is 0 Å². The minimum atomic E-state index is 0.710. The lowest BCUT2D eigenvalue weighted by molar-refractivity contribution is 0.838. The maximum atomic E-state index is 6.03. The Morgan fingerprint density at radius 2 is 1.75 bits per heavy atom. The molecule has 0 aliphatic rings. The number of pyridine rings is 1. The molecule has 1 aromatic carbocycles. The van der Waals surface area contributed by atoms with Gasteiger partial charge in [0.1, 0.15) is 5.82 Å². The fourth-order valence-electron chi connectivity index (χ4n) is 2.30. The topological polar surface area (TPSA) is 56.2 Å². The van der Waals surface area contributed by atoms with Crippen molar-refractivity contribution in [3.63, 3.8) is 0 Å². The molecule has 0 bridgehead atoms. The van der Waals surface area contributed by atoms with Gasteiger partial charge in [-0.1, -0.05) is 29.8 Å². The van der Waals surface area contributed by atoms with Crippen molar-refractivity contribution in [2.24, 2.45) is 0 Å². The summed E-state index contributed by atoms with van der Waals surface area (Å²) >= 11 is 0. The third-order valence-corrected chi connectivity index (χ3v) is 3.66. The molecule has 0 atom stereocenters. The molecule has 0 aliphatic heterocycles. The highest BCUT2D eigenvalue weighted by Crippen LogP contribution is 2.17. The van der Waals surface area contributed by atoms with Crippen molar-refractivity contribution in [1.82, 2.24) is 14.6 Å². The van der Waals surface area contributed by atoms with Crippen LogP contribution >= 0.6 is 0 Å². The molecule has 4 heteroatoms. The fraction of sp³-hybridized carbons (Fsp3) is 0.250. The van der Waals surface area contributed by atoms with E-state index in [0.717, 1.165) is 29.9 Å². The van der Waals surface area contributed by atoms with Crippen molar-refractivity contribution < 1.29 is 0 Å². The molecule has 3 rings (SSSR count). The van der Waals surface area contributed by atoms with Crippen LogP contribution in [-0.4, -0.2) is 14.6 Å². The highest BCUT2D eigenvalue weighted by Gasteiger charge is 2.09. The van der Waals surface area contributed by atoms with Crippen molar-refractivity contribution >= 4 is 11.3 Å². The summed E-state index contributed by atoms with van der Waals surface area (Å²) in [7, 11) is 0. The Morgan fingerprint density at radius 1 is 1.00 bits per heavy atom. The number of benzene rings is 1. The normalized spacial score (nSPS) is 11.1. The monoisotopic (exact) mass is 266 g/mol. The van der Waals surface area contributed by atoms with Gasteiger partial charge in [-0.2, -0.15) is 0 Å². The van der Waals surface area contributed by atoms with Gasteiger partial charge in [0.2, 0.25) is 0 Å². The van der Waals surface area contributed by atoms with Gasteiger partial charge in [0.25, 0.3) is 0 Å². The van der Waals surface area contributed by atoms with Gasteiger partial charge >= 0.3 is 0 Å². The van der Waals surface area contributed by atoms with Gasteiger partial charge in [-0.25, -0.2) is 0 Å². The molecule has 2 aromatic heterocycles. The first-order valence-corrected chi connectivity index (χ1v) is 6.79. The van der Waals surface area contributed by atoms with E-state index >= 15 is 0 Å². The number of nitrogen functional groups attached to an aromatic ring is 1. The quantitative estimate of drug-likeness (QED) is 0.793. The first-order valence-electron chi connectivity index (χ1n) is 6.79. The van der Waals surface area contributed by atoms with Crippen molar-refractivity contribution in [2.75, 3.05) is 5.73 Å². The van der Waals surface area contributed by atoms with Crippen LogP contribution in [0.1, 0.15) is 22.5 Å². The second-order valence-corrected chi connectivity index (χ2v) is 5.21. The molecule has 3 aromatic rings. The number of hydrogen-bond acceptors (Lipinski definition) is 3. The minimum Gasteiger partial charge on any atom is -0.395 e. The maximum absolute atomic E-state index is 6.03. The van der Waals surface area contributed by atoms with Crippen LogP contribution in [0.5, 0.6) is 0 Å². The van der Waals surface area contributed by atoms with Crippen LogP contribution in [0.4, 0.5) is 5.69 Å². The molecule has 4 nitrogen and oxygen atoms in total. The van der Waals surface area contributed by atoms with Gasteiger partial charge in [-0.05, 0) is 37.5 Å². The van der Waals surface area contributed by atoms with Gasteiger partial charge in [-0.3, -0.25) is 4.40 Å². The molecule has 2 N–H and O–H groups in total. The number of fused-ring (bicyclic) bond motifs is 1. The molecule has 0 saturated carbocycles. The Labute approximate surface area is 118 Å². The average molecular weight is 266 g/mol. The SMILES string of the molecule is Cc1ccc(CCc2nnc3c(N)c(C)ccn23)cc1. The third-order valence-electron chi connectivity index (χ3n) is 3.66. The number of anilines is 1. The van der Waals surface area contributed by atoms with Gasteiger partial charge in [0.15, 0.2) is 5.65 Å². The Kier molecular flexibility index (Phi) is 3.14. The van der Waals surface area contributed by atoms with Crippen molar-refractivity contribution in [2.45, 2.75) is 26.7 Å². The Hall–Kier alpha value is -2.36. The third kappa shape index (κ3) is 2.25. The zero-order valence-corrected chi connectivity index (χ0v) is 11.8. The van der Waals surface area contributed by atoms with E-state index in [1.54, 1.807) is 0 Å². The molecule has 0 aliphatic carbocycles. The van der Waals surface area contributed by atoms with Crippen LogP contribution in [0.3, 0.4) is 0 Å². The first-order chi connectivity index (χ1) is 9.65. The fourth-order valence-corrected chi connectivity index (χ4v) is 2.30. The molecule has 0 spiro atoms. The lowest BCUT2D eigenvalue weighted by Gasteiger charge is -2.04. The van der Waals surface area contributed by atoms with Crippen LogP contribution in [0, 0.1) is 13.8 Å². The zero-order valence-electron chi connectivity index (χ0n) is 11.8. The number of aromatic nitrogens is 3. The average Bonchev–Trinajstić information content (AvgIpc) is 2.86. The molecule has 20 heavy (non-hydrogen) atoms. The van der Waals surface area contributed by atoms with E-state index in [-0.39, 0.29) is 0 Å². The summed E-state index contributed by atoms with van der Waals surface area (Å²) in [5.74, 6) is 0.951. The van der Waals surface area contributed by atoms with E-state index in [1.165, 1.54) is 11.1 Å². The van der Waals surface area contributed by atoms with E-state index in [1.807, 2.05) is 23.6 Å². The van der Waals surface area contributed by atoms with E-state index in [9.17, 15) is 0 Å². The van der Waals surface area contributed by atoms with Crippen LogP contribution in [0.15, 0.2) is 36.5 Å². The largest absolute Gasteiger partial charge is 0.395 e. The van der Waals surface area contributed by atoms with Crippen molar-refractivity contribution in [3.8, 4) is 0 Å². The predicted octanol–water partition coefficient (Wildman–Crippen LogP) is 2.71. The molecule has 0 fully saturated rings. The summed E-state index contributed by atoms with van der Waals surface area (Å²) in [5, 5.41) is 8.46. The summed E-state index contributed by atoms with van der Waals surface area (Å²) in [6, 6.07) is 10.6. The second-order valence-electron chi connectivity index (χ2n) is 5.21. The van der Waals surface area contributed by atoms with Gasteiger partial charge in [0, 0.05) is 12.6 Å². The first kappa shape index (κ1) is 12.7. The Bertz CT molecular complexity index is 741. The zero-order chi connectivity index (χ0) is 14.1. The predicted molar refractivity (Wildman–Crippen MR) is 80.7 cm³/mol. The summed E-state index contributed by atoms with van der Waals surface area (Å²) in [6.07, 6.45) is 3.80. The van der Waals surface area contributed by atoms with Crippen LogP contribution in [-0.2, 0) is 12.8 Å². The molecule has 0 amide bonds. The summed E-state index contributed by atoms with van der Waals surface area (Å²) in [6.45, 7) is 4.08. The van der Waals surface area contributed by atoms with Gasteiger partial charge < -0.3 is 5.73 Å². The number of rotatable bonds is 3. The molecule has 0 radical (unpaired) electrons. The summed E-state index contributed by atoms with van der Waals surface area (Å²) in [4.78, 5) is 0. The lowest BCUT2D eigenvalue weighted by Crippen LogP contribution is -2.00. The number of aryl methyl sites for hydroxylation is 4. The van der Waals surface area contributed by atoms with Gasteiger partial charge in [-0.15, -0.1) is 10.2 Å². The minimum absolute atomic E-state index is 0.710. The Balaban J connectivity index is 1.85. The number of nitrogens with two attached hydrogens (primary N) is 1. The molecular formula is C16H18N4. The van der Waals surface area contributed by atoms with E-state index in [4.69, 9.17) is 5.73 Å². The lowest BCUT2D eigenvalue weighted by atomic mass is 10.1. The summed E-state index contributed by atoms with van der Waals surface area (Å²) in [5.41, 5.74) is 11.1. The smallest absolute Gasteiger partial charge is 0.184 e. The number of nitrogens with zero attached hydrogens (tertiary/aromatic N) is 3. The highest BCUT2D eigenvalue weighted by molar-refractivity contribution is 5.68. The molecular weight excluding hydrogens is 248 g/mol. The van der Waals surface area contributed by atoms with Crippen LogP contribution in [0.25, 0.3) is 5.65 Å². The maximum Gasteiger partial charge on any atom is 0.184 e. The molecule has 102 valence electrons. The van der Waals surface area contributed by atoms with Gasteiger partial charge in [0.05, 0.1) is 5.69 Å². The summed E-state index contributed by atoms with van der Waals surface area (Å²) < 4.78 is 1.98. The molecule has 0 unspecified atom stereocenters. The number of hydrogen-bond donors (Lipinski definition) is 1. The molecule has 0 saturated heterocycles. The second kappa shape index (κ2) is 4.96.